The van der Waals surface area contributed by atoms with Crippen molar-refractivity contribution in [2.75, 3.05) is 0 Å². The molecule has 16 heavy (non-hydrogen) atoms. The van der Waals surface area contributed by atoms with Crippen LogP contribution >= 0.6 is 0 Å². The standard InChI is InChI=1S/C13H22N2O/c1-8(2)13(16)12-6-11(7-14)10(5)15(12)9(3)4/h8-12H,6H2,1-5H3/t10-,11-,12-/m0/s1. The number of likely N-dealkylation sites (tertiary alicyclic amines) is 1. The van der Waals surface area contributed by atoms with E-state index >= 15 is 0 Å². The Morgan fingerprint density at radius 1 is 1.38 bits per heavy atom. The lowest BCUT2D eigenvalue weighted by molar-refractivity contribution is -0.127. The van der Waals surface area contributed by atoms with Crippen molar-refractivity contribution in [1.29, 1.82) is 5.26 Å². The second kappa shape index (κ2) is 4.97. The van der Waals surface area contributed by atoms with Crippen LogP contribution < -0.4 is 0 Å². The van der Waals surface area contributed by atoms with Gasteiger partial charge in [-0.15, -0.1) is 0 Å². The molecule has 0 N–H and O–H groups in total. The normalized spacial score (nSPS) is 31.0. The number of carbonyl (C=O) groups is 1. The molecule has 1 fully saturated rings. The molecule has 90 valence electrons. The predicted octanol–water partition coefficient (Wildman–Crippen LogP) is 2.22. The highest BCUT2D eigenvalue weighted by atomic mass is 16.1. The molecule has 1 aliphatic rings. The maximum Gasteiger partial charge on any atom is 0.152 e. The molecule has 0 aromatic rings. The average molecular weight is 222 g/mol. The molecule has 0 aliphatic carbocycles. The summed E-state index contributed by atoms with van der Waals surface area (Å²) in [6, 6.07) is 2.79. The maximum absolute atomic E-state index is 12.1. The number of nitriles is 1. The molecule has 3 heteroatoms. The highest BCUT2D eigenvalue weighted by Gasteiger charge is 2.43. The van der Waals surface area contributed by atoms with E-state index in [2.05, 4.69) is 31.7 Å². The third kappa shape index (κ3) is 2.27. The summed E-state index contributed by atoms with van der Waals surface area (Å²) in [5.41, 5.74) is 0. The fraction of sp³-hybridized carbons (Fsp3) is 0.846. The third-order valence-electron chi connectivity index (χ3n) is 3.55. The van der Waals surface area contributed by atoms with Crippen LogP contribution in [0.15, 0.2) is 0 Å². The summed E-state index contributed by atoms with van der Waals surface area (Å²) >= 11 is 0. The van der Waals surface area contributed by atoms with E-state index in [1.807, 2.05) is 13.8 Å². The van der Waals surface area contributed by atoms with E-state index in [9.17, 15) is 4.79 Å². The Morgan fingerprint density at radius 3 is 2.31 bits per heavy atom. The number of hydrogen-bond donors (Lipinski definition) is 0. The van der Waals surface area contributed by atoms with Crippen molar-refractivity contribution in [3.8, 4) is 6.07 Å². The quantitative estimate of drug-likeness (QED) is 0.735. The van der Waals surface area contributed by atoms with Crippen molar-refractivity contribution in [2.45, 2.75) is 59.2 Å². The minimum absolute atomic E-state index is 0.00454. The van der Waals surface area contributed by atoms with E-state index in [-0.39, 0.29) is 29.7 Å². The zero-order chi connectivity index (χ0) is 12.5. The van der Waals surface area contributed by atoms with Gasteiger partial charge in [-0.3, -0.25) is 9.69 Å². The summed E-state index contributed by atoms with van der Waals surface area (Å²) in [5, 5.41) is 9.09. The van der Waals surface area contributed by atoms with Gasteiger partial charge in [-0.2, -0.15) is 5.26 Å². The molecule has 0 spiro atoms. The van der Waals surface area contributed by atoms with Crippen LogP contribution in [-0.2, 0) is 4.79 Å². The highest BCUT2D eigenvalue weighted by molar-refractivity contribution is 5.86. The molecule has 1 rings (SSSR count). The smallest absolute Gasteiger partial charge is 0.152 e. The Morgan fingerprint density at radius 2 is 1.94 bits per heavy atom. The van der Waals surface area contributed by atoms with Gasteiger partial charge >= 0.3 is 0 Å². The van der Waals surface area contributed by atoms with Crippen molar-refractivity contribution in [1.82, 2.24) is 4.90 Å². The number of ketones is 1. The van der Waals surface area contributed by atoms with Gasteiger partial charge in [0.25, 0.3) is 0 Å². The molecule has 1 aliphatic heterocycles. The Labute approximate surface area is 98.4 Å². The molecule has 0 saturated carbocycles. The van der Waals surface area contributed by atoms with Crippen LogP contribution in [-0.4, -0.2) is 28.8 Å². The van der Waals surface area contributed by atoms with Crippen LogP contribution in [0.1, 0.15) is 41.0 Å². The molecule has 0 aromatic heterocycles. The molecular formula is C13H22N2O. The minimum Gasteiger partial charge on any atom is -0.298 e. The van der Waals surface area contributed by atoms with Crippen LogP contribution in [0.2, 0.25) is 0 Å². The summed E-state index contributed by atoms with van der Waals surface area (Å²) in [6.07, 6.45) is 0.701. The molecule has 0 aromatic carbocycles. The summed E-state index contributed by atoms with van der Waals surface area (Å²) < 4.78 is 0. The number of rotatable bonds is 3. The lowest BCUT2D eigenvalue weighted by Crippen LogP contribution is -2.45. The predicted molar refractivity (Wildman–Crippen MR) is 63.8 cm³/mol. The molecule has 0 radical (unpaired) electrons. The van der Waals surface area contributed by atoms with E-state index in [0.29, 0.717) is 12.5 Å². The highest BCUT2D eigenvalue weighted by Crippen LogP contribution is 2.32. The van der Waals surface area contributed by atoms with E-state index in [0.717, 1.165) is 0 Å². The average Bonchev–Trinajstić information content (AvgIpc) is 2.53. The Kier molecular flexibility index (Phi) is 4.09. The van der Waals surface area contributed by atoms with E-state index in [1.54, 1.807) is 0 Å². The SMILES string of the molecule is CC(C)C(=O)[C@@H]1C[C@@H](C#N)[C@H](C)N1C(C)C. The second-order valence-corrected chi connectivity index (χ2v) is 5.33. The number of hydrogen-bond acceptors (Lipinski definition) is 3. The van der Waals surface area contributed by atoms with Crippen LogP contribution in [0, 0.1) is 23.2 Å². The number of nitrogens with zero attached hydrogens (tertiary/aromatic N) is 2. The van der Waals surface area contributed by atoms with Gasteiger partial charge in [-0.05, 0) is 27.2 Å². The van der Waals surface area contributed by atoms with Crippen molar-refractivity contribution < 1.29 is 4.79 Å². The second-order valence-electron chi connectivity index (χ2n) is 5.33. The first-order valence-electron chi connectivity index (χ1n) is 6.10. The topological polar surface area (TPSA) is 44.1 Å². The van der Waals surface area contributed by atoms with Gasteiger partial charge in [0.1, 0.15) is 0 Å². The van der Waals surface area contributed by atoms with Crippen molar-refractivity contribution >= 4 is 5.78 Å². The third-order valence-corrected chi connectivity index (χ3v) is 3.55. The Hall–Kier alpha value is -0.880. The molecule has 0 bridgehead atoms. The summed E-state index contributed by atoms with van der Waals surface area (Å²) in [5.74, 6) is 0.323. The van der Waals surface area contributed by atoms with Gasteiger partial charge in [0, 0.05) is 18.0 Å². The Bertz CT molecular complexity index is 304. The fourth-order valence-corrected chi connectivity index (χ4v) is 2.69. The van der Waals surface area contributed by atoms with Crippen molar-refractivity contribution in [2.24, 2.45) is 11.8 Å². The van der Waals surface area contributed by atoms with E-state index in [4.69, 9.17) is 5.26 Å². The largest absolute Gasteiger partial charge is 0.298 e. The van der Waals surface area contributed by atoms with Crippen LogP contribution in [0.5, 0.6) is 0 Å². The first-order valence-corrected chi connectivity index (χ1v) is 6.10. The van der Waals surface area contributed by atoms with Gasteiger partial charge in [-0.1, -0.05) is 13.8 Å². The van der Waals surface area contributed by atoms with Crippen molar-refractivity contribution in [3.63, 3.8) is 0 Å². The first kappa shape index (κ1) is 13.2. The minimum atomic E-state index is -0.0559. The number of carbonyl (C=O) groups excluding carboxylic acids is 1. The monoisotopic (exact) mass is 222 g/mol. The van der Waals surface area contributed by atoms with E-state index in [1.165, 1.54) is 0 Å². The molecule has 3 nitrogen and oxygen atoms in total. The van der Waals surface area contributed by atoms with Gasteiger partial charge in [0.05, 0.1) is 18.0 Å². The van der Waals surface area contributed by atoms with Crippen molar-refractivity contribution in [3.05, 3.63) is 0 Å². The Balaban J connectivity index is 2.92. The fourth-order valence-electron chi connectivity index (χ4n) is 2.69. The van der Waals surface area contributed by atoms with E-state index < -0.39 is 0 Å². The van der Waals surface area contributed by atoms with Crippen LogP contribution in [0.4, 0.5) is 0 Å². The molecular weight excluding hydrogens is 200 g/mol. The van der Waals surface area contributed by atoms with Gasteiger partial charge in [0.2, 0.25) is 0 Å². The van der Waals surface area contributed by atoms with Crippen LogP contribution in [0.3, 0.4) is 0 Å². The zero-order valence-corrected chi connectivity index (χ0v) is 10.9. The lowest BCUT2D eigenvalue weighted by atomic mass is 9.96. The molecule has 1 heterocycles. The summed E-state index contributed by atoms with van der Waals surface area (Å²) in [7, 11) is 0. The lowest BCUT2D eigenvalue weighted by Gasteiger charge is -2.32. The molecule has 0 unspecified atom stereocenters. The summed E-state index contributed by atoms with van der Waals surface area (Å²) in [6.45, 7) is 10.1. The van der Waals surface area contributed by atoms with Gasteiger partial charge in [-0.25, -0.2) is 0 Å². The van der Waals surface area contributed by atoms with Gasteiger partial charge < -0.3 is 0 Å². The van der Waals surface area contributed by atoms with Gasteiger partial charge in [0.15, 0.2) is 5.78 Å². The molecule has 1 saturated heterocycles. The zero-order valence-electron chi connectivity index (χ0n) is 10.9. The number of Topliss-reactive ketones (excluding diaryl/α,β-unsaturated/α-hetero) is 1. The maximum atomic E-state index is 12.1. The summed E-state index contributed by atoms with van der Waals surface area (Å²) in [4.78, 5) is 14.3. The molecule has 0 amide bonds. The first-order chi connectivity index (χ1) is 7.40. The molecule has 3 atom stereocenters. The van der Waals surface area contributed by atoms with Crippen LogP contribution in [0.25, 0.3) is 0 Å².